The van der Waals surface area contributed by atoms with E-state index in [0.29, 0.717) is 0 Å². The minimum absolute atomic E-state index is 0.988. The van der Waals surface area contributed by atoms with Crippen molar-refractivity contribution >= 4 is 34.4 Å². The van der Waals surface area contributed by atoms with Gasteiger partial charge in [0.25, 0.3) is 0 Å². The van der Waals surface area contributed by atoms with Crippen molar-refractivity contribution in [3.05, 3.63) is 66.4 Å². The molecule has 0 unspecified atom stereocenters. The minimum Gasteiger partial charge on any atom is -0.255 e. The molecule has 0 aliphatic heterocycles. The molecule has 0 bridgehead atoms. The zero-order valence-corrected chi connectivity index (χ0v) is 12.9. The van der Waals surface area contributed by atoms with Crippen molar-refractivity contribution in [1.82, 2.24) is 4.98 Å². The van der Waals surface area contributed by atoms with Crippen LogP contribution in [-0.2, 0) is 5.75 Å². The summed E-state index contributed by atoms with van der Waals surface area (Å²) in [5.74, 6) is 0.988. The van der Waals surface area contributed by atoms with Crippen molar-refractivity contribution in [2.75, 3.05) is 6.26 Å². The van der Waals surface area contributed by atoms with E-state index in [1.54, 1.807) is 11.8 Å². The molecule has 0 fully saturated rings. The van der Waals surface area contributed by atoms with Gasteiger partial charge in [0.15, 0.2) is 0 Å². The molecule has 0 aliphatic carbocycles. The summed E-state index contributed by atoms with van der Waals surface area (Å²) >= 11 is 3.66. The predicted molar refractivity (Wildman–Crippen MR) is 89.5 cm³/mol. The number of para-hydroxylation sites is 1. The number of fused-ring (bicyclic) bond motifs is 1. The van der Waals surface area contributed by atoms with Gasteiger partial charge in [-0.25, -0.2) is 0 Å². The number of hydrogen-bond acceptors (Lipinski definition) is 3. The molecular weight excluding hydrogens is 282 g/mol. The van der Waals surface area contributed by atoms with E-state index in [1.807, 2.05) is 24.0 Å². The van der Waals surface area contributed by atoms with Crippen LogP contribution in [0.1, 0.15) is 5.56 Å². The zero-order valence-electron chi connectivity index (χ0n) is 11.2. The molecule has 0 atom stereocenters. The smallest absolute Gasteiger partial charge is 0.0714 e. The van der Waals surface area contributed by atoms with Gasteiger partial charge in [-0.2, -0.15) is 0 Å². The first-order valence-corrected chi connectivity index (χ1v) is 8.68. The first-order valence-electron chi connectivity index (χ1n) is 6.47. The predicted octanol–water partition coefficient (Wildman–Crippen LogP) is 5.25. The van der Waals surface area contributed by atoms with E-state index >= 15 is 0 Å². The topological polar surface area (TPSA) is 12.9 Å². The van der Waals surface area contributed by atoms with Gasteiger partial charge in [0.05, 0.1) is 5.52 Å². The number of pyridine rings is 1. The van der Waals surface area contributed by atoms with Crippen LogP contribution in [0.15, 0.2) is 70.6 Å². The van der Waals surface area contributed by atoms with Crippen LogP contribution >= 0.6 is 23.5 Å². The fraction of sp³-hybridized carbons (Fsp3) is 0.118. The number of hydrogen-bond donors (Lipinski definition) is 0. The highest BCUT2D eigenvalue weighted by atomic mass is 32.2. The number of thioether (sulfide) groups is 2. The Morgan fingerprint density at radius 3 is 2.50 bits per heavy atom. The summed E-state index contributed by atoms with van der Waals surface area (Å²) in [7, 11) is 0. The fourth-order valence-corrected chi connectivity index (χ4v) is 4.03. The van der Waals surface area contributed by atoms with E-state index in [1.165, 1.54) is 20.7 Å². The minimum atomic E-state index is 0.988. The number of aromatic nitrogens is 1. The molecular formula is C17H15NS2. The van der Waals surface area contributed by atoms with Gasteiger partial charge in [0.2, 0.25) is 0 Å². The van der Waals surface area contributed by atoms with Gasteiger partial charge in [-0.3, -0.25) is 4.98 Å². The van der Waals surface area contributed by atoms with Crippen LogP contribution in [0.4, 0.5) is 0 Å². The molecule has 0 saturated heterocycles. The third-order valence-corrected chi connectivity index (χ3v) is 5.22. The van der Waals surface area contributed by atoms with E-state index in [2.05, 4.69) is 59.8 Å². The van der Waals surface area contributed by atoms with Crippen LogP contribution < -0.4 is 0 Å². The first-order chi connectivity index (χ1) is 9.88. The molecule has 1 aromatic heterocycles. The Labute approximate surface area is 127 Å². The van der Waals surface area contributed by atoms with Gasteiger partial charge in [-0.15, -0.1) is 23.5 Å². The molecule has 3 rings (SSSR count). The molecule has 0 radical (unpaired) electrons. The Morgan fingerprint density at radius 1 is 0.950 bits per heavy atom. The monoisotopic (exact) mass is 297 g/mol. The quantitative estimate of drug-likeness (QED) is 0.610. The molecule has 2 aromatic carbocycles. The number of rotatable bonds is 4. The summed E-state index contributed by atoms with van der Waals surface area (Å²) in [4.78, 5) is 7.13. The van der Waals surface area contributed by atoms with Gasteiger partial charge >= 0.3 is 0 Å². The molecule has 0 N–H and O–H groups in total. The third kappa shape index (κ3) is 2.84. The Hall–Kier alpha value is -1.45. The maximum absolute atomic E-state index is 4.53. The second kappa shape index (κ2) is 6.33. The first kappa shape index (κ1) is 13.5. The summed E-state index contributed by atoms with van der Waals surface area (Å²) < 4.78 is 0. The maximum atomic E-state index is 4.53. The van der Waals surface area contributed by atoms with Crippen molar-refractivity contribution in [2.45, 2.75) is 15.5 Å². The lowest BCUT2D eigenvalue weighted by Gasteiger charge is -2.10. The average molecular weight is 297 g/mol. The maximum Gasteiger partial charge on any atom is 0.0714 e. The lowest BCUT2D eigenvalue weighted by molar-refractivity contribution is 1.20. The van der Waals surface area contributed by atoms with Gasteiger partial charge < -0.3 is 0 Å². The van der Waals surface area contributed by atoms with Crippen molar-refractivity contribution in [3.63, 3.8) is 0 Å². The van der Waals surface area contributed by atoms with Crippen molar-refractivity contribution in [1.29, 1.82) is 0 Å². The van der Waals surface area contributed by atoms with Gasteiger partial charge in [-0.1, -0.05) is 48.5 Å². The highest BCUT2D eigenvalue weighted by Gasteiger charge is 2.08. The zero-order chi connectivity index (χ0) is 13.8. The second-order valence-electron chi connectivity index (χ2n) is 4.45. The fourth-order valence-electron chi connectivity index (χ4n) is 2.12. The summed E-state index contributed by atoms with van der Waals surface area (Å²) in [6, 6.07) is 19.0. The molecule has 20 heavy (non-hydrogen) atoms. The summed E-state index contributed by atoms with van der Waals surface area (Å²) in [5.41, 5.74) is 2.42. The van der Waals surface area contributed by atoms with E-state index in [-0.39, 0.29) is 0 Å². The van der Waals surface area contributed by atoms with E-state index in [0.717, 1.165) is 11.3 Å². The Kier molecular flexibility index (Phi) is 4.28. The third-order valence-electron chi connectivity index (χ3n) is 3.14. The molecule has 1 heterocycles. The summed E-state index contributed by atoms with van der Waals surface area (Å²) in [6.07, 6.45) is 4.10. The van der Waals surface area contributed by atoms with Crippen LogP contribution in [0.2, 0.25) is 0 Å². The molecule has 3 heteroatoms. The highest BCUT2D eigenvalue weighted by molar-refractivity contribution is 8.01. The standard InChI is InChI=1S/C17H15NS2/c1-19-16-11-18-15-10-6-5-9-14(15)17(16)20-12-13-7-3-2-4-8-13/h2-11H,12H2,1H3. The lowest BCUT2D eigenvalue weighted by atomic mass is 10.2. The molecule has 3 aromatic rings. The van der Waals surface area contributed by atoms with Crippen LogP contribution in [0.25, 0.3) is 10.9 Å². The van der Waals surface area contributed by atoms with Crippen LogP contribution in [0.5, 0.6) is 0 Å². The van der Waals surface area contributed by atoms with Crippen LogP contribution in [0.3, 0.4) is 0 Å². The van der Waals surface area contributed by atoms with Gasteiger partial charge in [-0.05, 0) is 17.9 Å². The van der Waals surface area contributed by atoms with Crippen molar-refractivity contribution < 1.29 is 0 Å². The molecule has 0 spiro atoms. The summed E-state index contributed by atoms with van der Waals surface area (Å²) in [6.45, 7) is 0. The van der Waals surface area contributed by atoms with E-state index in [9.17, 15) is 0 Å². The Morgan fingerprint density at radius 2 is 1.70 bits per heavy atom. The average Bonchev–Trinajstić information content (AvgIpc) is 2.53. The molecule has 1 nitrogen and oxygen atoms in total. The number of benzene rings is 2. The molecule has 100 valence electrons. The van der Waals surface area contributed by atoms with Crippen LogP contribution in [0, 0.1) is 0 Å². The largest absolute Gasteiger partial charge is 0.255 e. The molecule has 0 aliphatic rings. The Balaban J connectivity index is 1.96. The van der Waals surface area contributed by atoms with Crippen LogP contribution in [-0.4, -0.2) is 11.2 Å². The van der Waals surface area contributed by atoms with Crippen molar-refractivity contribution in [3.8, 4) is 0 Å². The second-order valence-corrected chi connectivity index (χ2v) is 6.28. The van der Waals surface area contributed by atoms with Crippen molar-refractivity contribution in [2.24, 2.45) is 0 Å². The summed E-state index contributed by atoms with van der Waals surface area (Å²) in [5, 5.41) is 1.25. The SMILES string of the molecule is CSc1cnc2ccccc2c1SCc1ccccc1. The Bertz CT molecular complexity index is 711. The highest BCUT2D eigenvalue weighted by Crippen LogP contribution is 2.36. The number of nitrogens with zero attached hydrogens (tertiary/aromatic N) is 1. The van der Waals surface area contributed by atoms with E-state index < -0.39 is 0 Å². The molecule has 0 amide bonds. The lowest BCUT2D eigenvalue weighted by Crippen LogP contribution is -1.87. The van der Waals surface area contributed by atoms with Gasteiger partial charge in [0.1, 0.15) is 0 Å². The van der Waals surface area contributed by atoms with E-state index in [4.69, 9.17) is 0 Å². The normalized spacial score (nSPS) is 10.8. The van der Waals surface area contributed by atoms with Gasteiger partial charge in [0, 0.05) is 27.1 Å². The molecule has 0 saturated carbocycles.